The molecule has 0 atom stereocenters. The van der Waals surface area contributed by atoms with Crippen LogP contribution in [0.2, 0.25) is 0 Å². The SMILES string of the molecule is COC1CCC(Cn2cc(-c3ccnc4[nH]ccc34)cn2)CC1. The molecule has 0 unspecified atom stereocenters. The van der Waals surface area contributed by atoms with E-state index in [1.165, 1.54) is 31.2 Å². The number of rotatable bonds is 4. The molecule has 1 fully saturated rings. The van der Waals surface area contributed by atoms with Gasteiger partial charge in [-0.05, 0) is 49.3 Å². The Morgan fingerprint density at radius 3 is 2.96 bits per heavy atom. The van der Waals surface area contributed by atoms with Crippen LogP contribution in [0.1, 0.15) is 25.7 Å². The fourth-order valence-electron chi connectivity index (χ4n) is 3.63. The van der Waals surface area contributed by atoms with E-state index in [0.29, 0.717) is 12.0 Å². The second-order valence-electron chi connectivity index (χ2n) is 6.43. The van der Waals surface area contributed by atoms with Gasteiger partial charge in [-0.15, -0.1) is 0 Å². The van der Waals surface area contributed by atoms with Crippen molar-refractivity contribution >= 4 is 11.0 Å². The van der Waals surface area contributed by atoms with Gasteiger partial charge in [0.1, 0.15) is 5.65 Å². The topological polar surface area (TPSA) is 55.7 Å². The van der Waals surface area contributed by atoms with Crippen LogP contribution in [0.3, 0.4) is 0 Å². The maximum Gasteiger partial charge on any atom is 0.137 e. The average molecular weight is 310 g/mol. The predicted molar refractivity (Wildman–Crippen MR) is 90.1 cm³/mol. The summed E-state index contributed by atoms with van der Waals surface area (Å²) in [6.07, 6.45) is 13.1. The molecule has 0 radical (unpaired) electrons. The third-order valence-electron chi connectivity index (χ3n) is 4.98. The van der Waals surface area contributed by atoms with E-state index in [0.717, 1.165) is 23.1 Å². The maximum absolute atomic E-state index is 5.45. The van der Waals surface area contributed by atoms with Crippen LogP contribution in [0.4, 0.5) is 0 Å². The molecule has 5 heteroatoms. The van der Waals surface area contributed by atoms with Crippen LogP contribution < -0.4 is 0 Å². The summed E-state index contributed by atoms with van der Waals surface area (Å²) in [5.74, 6) is 0.707. The lowest BCUT2D eigenvalue weighted by Gasteiger charge is -2.27. The number of aromatic nitrogens is 4. The first-order valence-corrected chi connectivity index (χ1v) is 8.31. The van der Waals surface area contributed by atoms with Gasteiger partial charge in [-0.3, -0.25) is 4.68 Å². The lowest BCUT2D eigenvalue weighted by atomic mass is 9.87. The van der Waals surface area contributed by atoms with Crippen molar-refractivity contribution in [3.63, 3.8) is 0 Å². The number of H-pyrrole nitrogens is 1. The minimum absolute atomic E-state index is 0.457. The molecular weight excluding hydrogens is 288 g/mol. The monoisotopic (exact) mass is 310 g/mol. The fourth-order valence-corrected chi connectivity index (χ4v) is 3.63. The standard InChI is InChI=1S/C18H22N4O/c1-23-15-4-2-13(3-5-15)11-22-12-14(10-21-22)16-6-8-19-18-17(16)7-9-20-18/h6-10,12-13,15H,2-5,11H2,1H3,(H,19,20). The molecule has 0 bridgehead atoms. The van der Waals surface area contributed by atoms with Crippen molar-refractivity contribution in [1.82, 2.24) is 19.7 Å². The summed E-state index contributed by atoms with van der Waals surface area (Å²) < 4.78 is 7.54. The van der Waals surface area contributed by atoms with Crippen LogP contribution in [-0.2, 0) is 11.3 Å². The summed E-state index contributed by atoms with van der Waals surface area (Å²) in [4.78, 5) is 7.51. The van der Waals surface area contributed by atoms with Gasteiger partial charge in [-0.25, -0.2) is 4.98 Å². The van der Waals surface area contributed by atoms with Gasteiger partial charge in [0.2, 0.25) is 0 Å². The van der Waals surface area contributed by atoms with Crippen molar-refractivity contribution in [3.8, 4) is 11.1 Å². The second-order valence-corrected chi connectivity index (χ2v) is 6.43. The predicted octanol–water partition coefficient (Wildman–Crippen LogP) is 3.63. The third-order valence-corrected chi connectivity index (χ3v) is 4.98. The van der Waals surface area contributed by atoms with Crippen LogP contribution in [0.25, 0.3) is 22.2 Å². The van der Waals surface area contributed by atoms with Gasteiger partial charge in [0.25, 0.3) is 0 Å². The summed E-state index contributed by atoms with van der Waals surface area (Å²) in [6.45, 7) is 0.998. The Morgan fingerprint density at radius 2 is 2.13 bits per heavy atom. The normalized spacial score (nSPS) is 21.8. The van der Waals surface area contributed by atoms with Crippen LogP contribution in [0, 0.1) is 5.92 Å². The van der Waals surface area contributed by atoms with Gasteiger partial charge >= 0.3 is 0 Å². The van der Waals surface area contributed by atoms with Gasteiger partial charge < -0.3 is 9.72 Å². The number of methoxy groups -OCH3 is 1. The Balaban J connectivity index is 1.50. The van der Waals surface area contributed by atoms with Gasteiger partial charge in [0.15, 0.2) is 0 Å². The number of ether oxygens (including phenoxy) is 1. The van der Waals surface area contributed by atoms with Crippen molar-refractivity contribution in [2.75, 3.05) is 7.11 Å². The highest BCUT2D eigenvalue weighted by molar-refractivity contribution is 5.92. The quantitative estimate of drug-likeness (QED) is 0.800. The van der Waals surface area contributed by atoms with Crippen molar-refractivity contribution < 1.29 is 4.74 Å². The van der Waals surface area contributed by atoms with Crippen LogP contribution in [0.15, 0.2) is 36.9 Å². The second kappa shape index (κ2) is 6.16. The van der Waals surface area contributed by atoms with E-state index < -0.39 is 0 Å². The minimum Gasteiger partial charge on any atom is -0.381 e. The highest BCUT2D eigenvalue weighted by Gasteiger charge is 2.21. The van der Waals surface area contributed by atoms with Gasteiger partial charge in [0, 0.05) is 43.2 Å². The Morgan fingerprint density at radius 1 is 1.26 bits per heavy atom. The zero-order chi connectivity index (χ0) is 15.6. The molecule has 0 aromatic carbocycles. The Labute approximate surface area is 135 Å². The molecule has 1 aliphatic carbocycles. The molecule has 3 heterocycles. The smallest absolute Gasteiger partial charge is 0.137 e. The Hall–Kier alpha value is -2.14. The van der Waals surface area contributed by atoms with E-state index in [1.807, 2.05) is 25.7 Å². The summed E-state index contributed by atoms with van der Waals surface area (Å²) in [6, 6.07) is 4.13. The van der Waals surface area contributed by atoms with E-state index in [4.69, 9.17) is 4.74 Å². The Bertz CT molecular complexity index is 783. The van der Waals surface area contributed by atoms with Crippen LogP contribution in [-0.4, -0.2) is 33.0 Å². The molecule has 0 saturated heterocycles. The summed E-state index contributed by atoms with van der Waals surface area (Å²) >= 11 is 0. The van der Waals surface area contributed by atoms with E-state index >= 15 is 0 Å². The number of aromatic amines is 1. The summed E-state index contributed by atoms with van der Waals surface area (Å²) in [7, 11) is 1.82. The Kier molecular flexibility index (Phi) is 3.87. The molecule has 0 amide bonds. The number of nitrogens with one attached hydrogen (secondary N) is 1. The summed E-state index contributed by atoms with van der Waals surface area (Å²) in [5.41, 5.74) is 3.27. The van der Waals surface area contributed by atoms with Crippen LogP contribution >= 0.6 is 0 Å². The zero-order valence-corrected chi connectivity index (χ0v) is 13.4. The third kappa shape index (κ3) is 2.88. The molecule has 3 aromatic rings. The molecule has 0 aliphatic heterocycles. The molecule has 3 aromatic heterocycles. The minimum atomic E-state index is 0.457. The molecular formula is C18H22N4O. The van der Waals surface area contributed by atoms with Crippen molar-refractivity contribution in [1.29, 1.82) is 0 Å². The number of hydrogen-bond acceptors (Lipinski definition) is 3. The molecule has 1 N–H and O–H groups in total. The maximum atomic E-state index is 5.45. The molecule has 0 spiro atoms. The molecule has 5 nitrogen and oxygen atoms in total. The average Bonchev–Trinajstić information content (AvgIpc) is 3.24. The molecule has 120 valence electrons. The fraction of sp³-hybridized carbons (Fsp3) is 0.444. The first kappa shape index (κ1) is 14.5. The zero-order valence-electron chi connectivity index (χ0n) is 13.4. The number of nitrogens with zero attached hydrogens (tertiary/aromatic N) is 3. The van der Waals surface area contributed by atoms with Crippen molar-refractivity contribution in [2.24, 2.45) is 5.92 Å². The highest BCUT2D eigenvalue weighted by atomic mass is 16.5. The van der Waals surface area contributed by atoms with E-state index in [2.05, 4.69) is 38.1 Å². The van der Waals surface area contributed by atoms with Crippen molar-refractivity contribution in [2.45, 2.75) is 38.3 Å². The molecule has 1 aliphatic rings. The first-order chi connectivity index (χ1) is 11.3. The molecule has 1 saturated carbocycles. The van der Waals surface area contributed by atoms with E-state index in [9.17, 15) is 0 Å². The van der Waals surface area contributed by atoms with E-state index in [1.54, 1.807) is 0 Å². The van der Waals surface area contributed by atoms with Gasteiger partial charge in [-0.2, -0.15) is 5.10 Å². The van der Waals surface area contributed by atoms with Gasteiger partial charge in [0.05, 0.1) is 12.3 Å². The number of pyridine rings is 1. The van der Waals surface area contributed by atoms with Gasteiger partial charge in [-0.1, -0.05) is 0 Å². The van der Waals surface area contributed by atoms with Crippen LogP contribution in [0.5, 0.6) is 0 Å². The largest absolute Gasteiger partial charge is 0.381 e. The van der Waals surface area contributed by atoms with E-state index in [-0.39, 0.29) is 0 Å². The lowest BCUT2D eigenvalue weighted by Crippen LogP contribution is -2.23. The molecule has 23 heavy (non-hydrogen) atoms. The van der Waals surface area contributed by atoms with Crippen molar-refractivity contribution in [3.05, 3.63) is 36.9 Å². The first-order valence-electron chi connectivity index (χ1n) is 8.31. The highest BCUT2D eigenvalue weighted by Crippen LogP contribution is 2.29. The lowest BCUT2D eigenvalue weighted by molar-refractivity contribution is 0.0536. The number of fused-ring (bicyclic) bond motifs is 1. The number of hydrogen-bond donors (Lipinski definition) is 1. The molecule has 4 rings (SSSR count). The summed E-state index contributed by atoms with van der Waals surface area (Å²) in [5, 5.41) is 5.72.